The molecule has 2 rings (SSSR count). The highest BCUT2D eigenvalue weighted by atomic mass is 16.5. The molecular weight excluding hydrogens is 336 g/mol. The highest BCUT2D eigenvalue weighted by molar-refractivity contribution is 5.51. The van der Waals surface area contributed by atoms with Gasteiger partial charge in [0.15, 0.2) is 11.5 Å². The summed E-state index contributed by atoms with van der Waals surface area (Å²) in [4.78, 5) is 0. The molecule has 0 saturated carbocycles. The van der Waals surface area contributed by atoms with Gasteiger partial charge in [-0.1, -0.05) is 6.07 Å². The first kappa shape index (κ1) is 19.7. The van der Waals surface area contributed by atoms with Gasteiger partial charge in [0.1, 0.15) is 17.2 Å². The fourth-order valence-corrected chi connectivity index (χ4v) is 2.87. The Labute approximate surface area is 154 Å². The van der Waals surface area contributed by atoms with Crippen molar-refractivity contribution < 1.29 is 28.8 Å². The lowest BCUT2D eigenvalue weighted by molar-refractivity contribution is 0.172. The molecule has 0 aliphatic rings. The maximum atomic E-state index is 10.6. The quantitative estimate of drug-likeness (QED) is 0.740. The van der Waals surface area contributed by atoms with E-state index in [2.05, 4.69) is 0 Å². The molecule has 0 radical (unpaired) electrons. The number of ether oxygens (including phenoxy) is 5. The largest absolute Gasteiger partial charge is 0.496 e. The Morgan fingerprint density at radius 3 is 1.77 bits per heavy atom. The maximum Gasteiger partial charge on any atom is 0.160 e. The number of hydrogen-bond acceptors (Lipinski definition) is 6. The summed E-state index contributed by atoms with van der Waals surface area (Å²) >= 11 is 0. The van der Waals surface area contributed by atoms with E-state index in [4.69, 9.17) is 23.7 Å². The predicted octanol–water partition coefficient (Wildman–Crippen LogP) is 2.88. The zero-order valence-corrected chi connectivity index (χ0v) is 15.9. The number of methoxy groups -OCH3 is 5. The van der Waals surface area contributed by atoms with Crippen molar-refractivity contribution in [3.63, 3.8) is 0 Å². The Morgan fingerprint density at radius 2 is 1.27 bits per heavy atom. The van der Waals surface area contributed by atoms with Crippen LogP contribution in [0, 0.1) is 0 Å². The van der Waals surface area contributed by atoms with Crippen LogP contribution in [0.5, 0.6) is 28.7 Å². The van der Waals surface area contributed by atoms with Gasteiger partial charge in [0.2, 0.25) is 0 Å². The van der Waals surface area contributed by atoms with Crippen LogP contribution in [-0.2, 0) is 12.8 Å². The van der Waals surface area contributed by atoms with E-state index in [0.717, 1.165) is 11.1 Å². The summed E-state index contributed by atoms with van der Waals surface area (Å²) < 4.78 is 26.7. The van der Waals surface area contributed by atoms with Crippen LogP contribution in [-0.4, -0.2) is 46.8 Å². The van der Waals surface area contributed by atoms with Crippen LogP contribution >= 0.6 is 0 Å². The second kappa shape index (κ2) is 9.20. The van der Waals surface area contributed by atoms with Gasteiger partial charge in [-0.15, -0.1) is 0 Å². The van der Waals surface area contributed by atoms with E-state index in [-0.39, 0.29) is 0 Å². The van der Waals surface area contributed by atoms with Gasteiger partial charge < -0.3 is 28.8 Å². The Morgan fingerprint density at radius 1 is 0.692 bits per heavy atom. The molecule has 0 fully saturated rings. The lowest BCUT2D eigenvalue weighted by Crippen LogP contribution is -2.15. The van der Waals surface area contributed by atoms with Crippen molar-refractivity contribution >= 4 is 0 Å². The minimum Gasteiger partial charge on any atom is -0.496 e. The molecule has 6 heteroatoms. The van der Waals surface area contributed by atoms with Gasteiger partial charge >= 0.3 is 0 Å². The van der Waals surface area contributed by atoms with Crippen molar-refractivity contribution in [1.29, 1.82) is 0 Å². The number of aliphatic hydroxyl groups excluding tert-OH is 1. The summed E-state index contributed by atoms with van der Waals surface area (Å²) in [7, 11) is 7.93. The van der Waals surface area contributed by atoms with Crippen LogP contribution in [0.4, 0.5) is 0 Å². The third kappa shape index (κ3) is 4.52. The molecule has 2 aromatic carbocycles. The number of rotatable bonds is 9. The maximum absolute atomic E-state index is 10.6. The van der Waals surface area contributed by atoms with Gasteiger partial charge in [0.25, 0.3) is 0 Å². The molecule has 0 spiro atoms. The van der Waals surface area contributed by atoms with E-state index in [1.165, 1.54) is 0 Å². The molecule has 26 heavy (non-hydrogen) atoms. The fourth-order valence-electron chi connectivity index (χ4n) is 2.87. The van der Waals surface area contributed by atoms with E-state index < -0.39 is 6.10 Å². The normalized spacial score (nSPS) is 11.6. The van der Waals surface area contributed by atoms with Crippen LogP contribution in [0.1, 0.15) is 11.1 Å². The Balaban J connectivity index is 2.21. The molecule has 1 atom stereocenters. The first-order valence-electron chi connectivity index (χ1n) is 8.24. The molecule has 2 aromatic rings. The number of benzene rings is 2. The minimum atomic E-state index is -0.621. The third-order valence-electron chi connectivity index (χ3n) is 4.18. The third-order valence-corrected chi connectivity index (χ3v) is 4.18. The molecule has 6 nitrogen and oxygen atoms in total. The molecule has 1 N–H and O–H groups in total. The number of aliphatic hydroxyl groups is 1. The molecule has 1 unspecified atom stereocenters. The van der Waals surface area contributed by atoms with E-state index in [1.54, 1.807) is 47.7 Å². The Hall–Kier alpha value is -2.60. The van der Waals surface area contributed by atoms with Crippen molar-refractivity contribution in [2.24, 2.45) is 0 Å². The first-order valence-corrected chi connectivity index (χ1v) is 8.24. The van der Waals surface area contributed by atoms with Crippen LogP contribution in [0.15, 0.2) is 30.3 Å². The SMILES string of the molecule is COc1cc(OC)c(CC(O)Cc2ccc(OC)c(OC)c2)c(OC)c1. The molecule has 0 aliphatic heterocycles. The second-order valence-electron chi connectivity index (χ2n) is 5.76. The molecule has 0 amide bonds. The molecule has 0 bridgehead atoms. The second-order valence-corrected chi connectivity index (χ2v) is 5.76. The first-order chi connectivity index (χ1) is 12.6. The Kier molecular flexibility index (Phi) is 6.97. The van der Waals surface area contributed by atoms with Crippen molar-refractivity contribution in [2.75, 3.05) is 35.5 Å². The minimum absolute atomic E-state index is 0.380. The predicted molar refractivity (Wildman–Crippen MR) is 99.1 cm³/mol. The Bertz CT molecular complexity index is 703. The van der Waals surface area contributed by atoms with Crippen LogP contribution < -0.4 is 23.7 Å². The van der Waals surface area contributed by atoms with Gasteiger partial charge in [-0.05, 0) is 24.1 Å². The summed E-state index contributed by atoms with van der Waals surface area (Å²) in [5.41, 5.74) is 1.74. The van der Waals surface area contributed by atoms with Crippen molar-refractivity contribution in [3.8, 4) is 28.7 Å². The smallest absolute Gasteiger partial charge is 0.160 e. The molecule has 0 heterocycles. The van der Waals surface area contributed by atoms with Crippen LogP contribution in [0.25, 0.3) is 0 Å². The summed E-state index contributed by atoms with van der Waals surface area (Å²) in [5, 5.41) is 10.6. The van der Waals surface area contributed by atoms with Crippen molar-refractivity contribution in [1.82, 2.24) is 0 Å². The summed E-state index contributed by atoms with van der Waals surface area (Å²) in [6, 6.07) is 9.16. The standard InChI is InChI=1S/C20H26O6/c1-22-15-11-18(24-3)16(19(12-15)25-4)10-14(21)8-13-6-7-17(23-2)20(9-13)26-5/h6-7,9,11-12,14,21H,8,10H2,1-5H3. The zero-order valence-electron chi connectivity index (χ0n) is 15.9. The summed E-state index contributed by atoms with van der Waals surface area (Å²) in [6.07, 6.45) is 0.216. The average Bonchev–Trinajstić information content (AvgIpc) is 2.67. The van der Waals surface area contributed by atoms with Gasteiger partial charge in [0, 0.05) is 24.1 Å². The topological polar surface area (TPSA) is 66.4 Å². The molecular formula is C20H26O6. The van der Waals surface area contributed by atoms with E-state index in [9.17, 15) is 5.11 Å². The summed E-state index contributed by atoms with van der Waals surface area (Å²) in [6.45, 7) is 0. The molecule has 0 aliphatic carbocycles. The van der Waals surface area contributed by atoms with E-state index in [0.29, 0.717) is 41.6 Å². The molecule has 0 aromatic heterocycles. The number of hydrogen-bond donors (Lipinski definition) is 1. The average molecular weight is 362 g/mol. The zero-order chi connectivity index (χ0) is 19.1. The monoisotopic (exact) mass is 362 g/mol. The van der Waals surface area contributed by atoms with Gasteiger partial charge in [-0.3, -0.25) is 0 Å². The van der Waals surface area contributed by atoms with Gasteiger partial charge in [-0.2, -0.15) is 0 Å². The lowest BCUT2D eigenvalue weighted by Gasteiger charge is -2.18. The summed E-state index contributed by atoms with van der Waals surface area (Å²) in [5.74, 6) is 3.16. The molecule has 142 valence electrons. The fraction of sp³-hybridized carbons (Fsp3) is 0.400. The van der Waals surface area contributed by atoms with Gasteiger partial charge in [0.05, 0.1) is 41.7 Å². The highest BCUT2D eigenvalue weighted by Gasteiger charge is 2.18. The van der Waals surface area contributed by atoms with Crippen molar-refractivity contribution in [3.05, 3.63) is 41.5 Å². The van der Waals surface area contributed by atoms with E-state index >= 15 is 0 Å². The molecule has 0 saturated heterocycles. The van der Waals surface area contributed by atoms with Crippen LogP contribution in [0.2, 0.25) is 0 Å². The van der Waals surface area contributed by atoms with E-state index in [1.807, 2.05) is 18.2 Å². The lowest BCUT2D eigenvalue weighted by atomic mass is 9.99. The highest BCUT2D eigenvalue weighted by Crippen LogP contribution is 2.35. The van der Waals surface area contributed by atoms with Crippen molar-refractivity contribution in [2.45, 2.75) is 18.9 Å². The van der Waals surface area contributed by atoms with Gasteiger partial charge in [-0.25, -0.2) is 0 Å². The van der Waals surface area contributed by atoms with Crippen LogP contribution in [0.3, 0.4) is 0 Å².